The second-order valence-electron chi connectivity index (χ2n) is 24.2. The van der Waals surface area contributed by atoms with Crippen molar-refractivity contribution >= 4 is 17.9 Å². The molecule has 0 amide bonds. The van der Waals surface area contributed by atoms with Crippen molar-refractivity contribution in [2.45, 2.75) is 399 Å². The Bertz CT molecular complexity index is 1320. The molecule has 1 unspecified atom stereocenters. The molecule has 0 aromatic heterocycles. The topological polar surface area (TPSA) is 78.9 Å². The Morgan fingerprint density at radius 1 is 0.253 bits per heavy atom. The molecule has 0 N–H and O–H groups in total. The Morgan fingerprint density at radius 2 is 0.456 bits per heavy atom. The highest BCUT2D eigenvalue weighted by molar-refractivity contribution is 5.71. The minimum absolute atomic E-state index is 0.0732. The van der Waals surface area contributed by atoms with Gasteiger partial charge in [-0.2, -0.15) is 0 Å². The van der Waals surface area contributed by atoms with E-state index in [4.69, 9.17) is 14.2 Å². The van der Waals surface area contributed by atoms with E-state index in [-0.39, 0.29) is 31.1 Å². The third-order valence-corrected chi connectivity index (χ3v) is 16.1. The maximum absolute atomic E-state index is 12.9. The Labute approximate surface area is 493 Å². The zero-order valence-corrected chi connectivity index (χ0v) is 53.4. The molecule has 0 rings (SSSR count). The molecule has 0 bridgehead atoms. The number of rotatable bonds is 66. The van der Waals surface area contributed by atoms with Crippen LogP contribution in [0.15, 0.2) is 36.5 Å². The van der Waals surface area contributed by atoms with Gasteiger partial charge in [-0.05, 0) is 57.8 Å². The van der Waals surface area contributed by atoms with Crippen LogP contribution in [0.4, 0.5) is 0 Å². The average Bonchev–Trinajstić information content (AvgIpc) is 3.45. The second kappa shape index (κ2) is 68.1. The molecule has 0 saturated carbocycles. The van der Waals surface area contributed by atoms with E-state index in [2.05, 4.69) is 57.2 Å². The first-order valence-electron chi connectivity index (χ1n) is 35.5. The number of hydrogen-bond acceptors (Lipinski definition) is 6. The Kier molecular flexibility index (Phi) is 66.1. The first-order chi connectivity index (χ1) is 39.0. The van der Waals surface area contributed by atoms with Crippen LogP contribution in [0.3, 0.4) is 0 Å². The molecule has 79 heavy (non-hydrogen) atoms. The van der Waals surface area contributed by atoms with Gasteiger partial charge in [0.05, 0.1) is 0 Å². The summed E-state index contributed by atoms with van der Waals surface area (Å²) in [5.41, 5.74) is 0. The van der Waals surface area contributed by atoms with E-state index >= 15 is 0 Å². The van der Waals surface area contributed by atoms with E-state index < -0.39 is 6.10 Å². The molecule has 6 nitrogen and oxygen atoms in total. The highest BCUT2D eigenvalue weighted by Gasteiger charge is 2.19. The van der Waals surface area contributed by atoms with Crippen LogP contribution in [0, 0.1) is 0 Å². The second-order valence-corrected chi connectivity index (χ2v) is 24.2. The van der Waals surface area contributed by atoms with Gasteiger partial charge in [0.1, 0.15) is 13.2 Å². The molecule has 0 aliphatic carbocycles. The van der Waals surface area contributed by atoms with Crippen LogP contribution in [-0.2, 0) is 28.6 Å². The fourth-order valence-corrected chi connectivity index (χ4v) is 10.8. The molecule has 464 valence electrons. The normalized spacial score (nSPS) is 12.2. The van der Waals surface area contributed by atoms with Crippen LogP contribution in [0.1, 0.15) is 393 Å². The monoisotopic (exact) mass is 1110 g/mol. The molecular weight excluding hydrogens is 973 g/mol. The number of hydrogen-bond donors (Lipinski definition) is 0. The number of unbranched alkanes of at least 4 members (excludes halogenated alkanes) is 49. The van der Waals surface area contributed by atoms with Crippen molar-refractivity contribution in [1.29, 1.82) is 0 Å². The molecule has 0 fully saturated rings. The van der Waals surface area contributed by atoms with Gasteiger partial charge in [-0.3, -0.25) is 14.4 Å². The third kappa shape index (κ3) is 66.3. The zero-order chi connectivity index (χ0) is 57.1. The molecule has 0 heterocycles. The summed E-state index contributed by atoms with van der Waals surface area (Å²) in [7, 11) is 0. The Morgan fingerprint density at radius 3 is 0.734 bits per heavy atom. The minimum Gasteiger partial charge on any atom is -0.462 e. The van der Waals surface area contributed by atoms with Crippen molar-refractivity contribution in [3.63, 3.8) is 0 Å². The van der Waals surface area contributed by atoms with Crippen LogP contribution in [-0.4, -0.2) is 37.2 Å². The van der Waals surface area contributed by atoms with Gasteiger partial charge in [0.2, 0.25) is 0 Å². The van der Waals surface area contributed by atoms with Crippen molar-refractivity contribution in [3.05, 3.63) is 36.5 Å². The molecule has 6 heteroatoms. The lowest BCUT2D eigenvalue weighted by atomic mass is 10.0. The average molecular weight is 1110 g/mol. The van der Waals surface area contributed by atoms with Crippen molar-refractivity contribution in [3.8, 4) is 0 Å². The van der Waals surface area contributed by atoms with Gasteiger partial charge in [-0.15, -0.1) is 0 Å². The maximum Gasteiger partial charge on any atom is 0.306 e. The molecule has 0 radical (unpaired) electrons. The number of carbonyl (C=O) groups excluding carboxylic acids is 3. The van der Waals surface area contributed by atoms with Crippen molar-refractivity contribution in [1.82, 2.24) is 0 Å². The van der Waals surface area contributed by atoms with Crippen LogP contribution in [0.2, 0.25) is 0 Å². The number of ether oxygens (including phenoxy) is 3. The van der Waals surface area contributed by atoms with Gasteiger partial charge in [0, 0.05) is 19.3 Å². The van der Waals surface area contributed by atoms with E-state index in [0.29, 0.717) is 19.3 Å². The summed E-state index contributed by atoms with van der Waals surface area (Å²) in [6.07, 6.45) is 85.1. The van der Waals surface area contributed by atoms with Crippen molar-refractivity contribution in [2.75, 3.05) is 13.2 Å². The van der Waals surface area contributed by atoms with E-state index in [9.17, 15) is 14.4 Å². The predicted molar refractivity (Wildman–Crippen MR) is 344 cm³/mol. The smallest absolute Gasteiger partial charge is 0.306 e. The summed E-state index contributed by atoms with van der Waals surface area (Å²) in [5, 5.41) is 0. The predicted octanol–water partition coefficient (Wildman–Crippen LogP) is 24.3. The van der Waals surface area contributed by atoms with Crippen LogP contribution in [0.5, 0.6) is 0 Å². The van der Waals surface area contributed by atoms with Crippen molar-refractivity contribution in [2.24, 2.45) is 0 Å². The molecule has 0 saturated heterocycles. The minimum atomic E-state index is -0.775. The fourth-order valence-electron chi connectivity index (χ4n) is 10.8. The van der Waals surface area contributed by atoms with Gasteiger partial charge in [0.15, 0.2) is 6.10 Å². The SMILES string of the molecule is CCCCC/C=C\C/C=C\C/C=C\CCCCCCCCC(=O)OC(COC(=O)CCCCCCCCC)COC(=O)CCCCCCCCCCCCCCCCCCCCCCCCCCCCCCCCCCCCC. The highest BCUT2D eigenvalue weighted by Crippen LogP contribution is 2.19. The van der Waals surface area contributed by atoms with E-state index in [1.54, 1.807) is 0 Å². The molecule has 1 atom stereocenters. The van der Waals surface area contributed by atoms with Gasteiger partial charge in [-0.1, -0.05) is 353 Å². The molecule has 0 spiro atoms. The number of carbonyl (C=O) groups is 3. The summed E-state index contributed by atoms with van der Waals surface area (Å²) >= 11 is 0. The fraction of sp³-hybridized carbons (Fsp3) is 0.877. The Hall–Kier alpha value is -2.37. The maximum atomic E-state index is 12.9. The van der Waals surface area contributed by atoms with Gasteiger partial charge >= 0.3 is 17.9 Å². The lowest BCUT2D eigenvalue weighted by molar-refractivity contribution is -0.167. The molecular formula is C73H136O6. The van der Waals surface area contributed by atoms with Crippen LogP contribution < -0.4 is 0 Å². The van der Waals surface area contributed by atoms with Crippen LogP contribution >= 0.6 is 0 Å². The van der Waals surface area contributed by atoms with Gasteiger partial charge < -0.3 is 14.2 Å². The highest BCUT2D eigenvalue weighted by atomic mass is 16.6. The number of allylic oxidation sites excluding steroid dienone is 6. The summed E-state index contributed by atoms with van der Waals surface area (Å²) in [6, 6.07) is 0. The molecule has 0 aromatic carbocycles. The van der Waals surface area contributed by atoms with Crippen LogP contribution in [0.25, 0.3) is 0 Å². The molecule has 0 aromatic rings. The van der Waals surface area contributed by atoms with Gasteiger partial charge in [0.25, 0.3) is 0 Å². The van der Waals surface area contributed by atoms with Gasteiger partial charge in [-0.25, -0.2) is 0 Å². The Balaban J connectivity index is 3.94. The summed E-state index contributed by atoms with van der Waals surface area (Å²) < 4.78 is 16.9. The summed E-state index contributed by atoms with van der Waals surface area (Å²) in [5.74, 6) is -0.871. The first kappa shape index (κ1) is 76.6. The zero-order valence-electron chi connectivity index (χ0n) is 53.4. The summed E-state index contributed by atoms with van der Waals surface area (Å²) in [4.78, 5) is 38.1. The lowest BCUT2D eigenvalue weighted by Gasteiger charge is -2.18. The lowest BCUT2D eigenvalue weighted by Crippen LogP contribution is -2.30. The number of esters is 3. The molecule has 0 aliphatic rings. The summed E-state index contributed by atoms with van der Waals surface area (Å²) in [6.45, 7) is 6.62. The van der Waals surface area contributed by atoms with E-state index in [0.717, 1.165) is 77.0 Å². The quantitative estimate of drug-likeness (QED) is 0.0261. The largest absolute Gasteiger partial charge is 0.462 e. The first-order valence-corrected chi connectivity index (χ1v) is 35.5. The van der Waals surface area contributed by atoms with E-state index in [1.165, 1.54) is 276 Å². The third-order valence-electron chi connectivity index (χ3n) is 16.1. The standard InChI is InChI=1S/C73H136O6/c1-4-7-10-13-16-18-20-22-24-26-28-29-30-31-32-33-34-35-36-37-38-39-40-41-42-43-45-46-48-50-52-54-57-60-63-66-72(75)78-69-70(68-77-71(74)65-62-59-56-15-12-9-6-3)79-73(76)67-64-61-58-55-53-51-49-47-44-27-25-23-21-19-17-14-11-8-5-2/h17,19,23,25,44,47,70H,4-16,18,20-22,24,26-43,45-46,48-69H2,1-3H3/b19-17-,25-23-,47-44-. The molecule has 0 aliphatic heterocycles. The van der Waals surface area contributed by atoms with Crippen molar-refractivity contribution < 1.29 is 28.6 Å². The van der Waals surface area contributed by atoms with E-state index in [1.807, 2.05) is 0 Å².